The van der Waals surface area contributed by atoms with Gasteiger partial charge in [-0.1, -0.05) is 24.3 Å². The number of rotatable bonds is 4. The molecule has 2 aromatic carbocycles. The van der Waals surface area contributed by atoms with E-state index in [0.29, 0.717) is 15.8 Å². The zero-order chi connectivity index (χ0) is 21.7. The first-order valence-corrected chi connectivity index (χ1v) is 10.1. The van der Waals surface area contributed by atoms with Crippen LogP contribution in [-0.4, -0.2) is 16.8 Å². The van der Waals surface area contributed by atoms with E-state index in [4.69, 9.17) is 4.42 Å². The number of furan rings is 1. The van der Waals surface area contributed by atoms with Crippen LogP contribution in [0.15, 0.2) is 81.8 Å². The van der Waals surface area contributed by atoms with Gasteiger partial charge in [-0.15, -0.1) is 11.3 Å². The fourth-order valence-corrected chi connectivity index (χ4v) is 4.52. The molecule has 0 spiro atoms. The maximum absolute atomic E-state index is 14.6. The average Bonchev–Trinajstić information content (AvgIpc) is 3.48. The second-order valence-electron chi connectivity index (χ2n) is 6.93. The third kappa shape index (κ3) is 3.03. The average molecular weight is 437 g/mol. The smallest absolute Gasteiger partial charge is 0.294 e. The largest absolute Gasteiger partial charge is 0.503 e. The van der Waals surface area contributed by atoms with Crippen LogP contribution in [0.5, 0.6) is 0 Å². The summed E-state index contributed by atoms with van der Waals surface area (Å²) in [7, 11) is 0. The highest BCUT2D eigenvalue weighted by molar-refractivity contribution is 7.10. The number of anilines is 1. The Morgan fingerprint density at radius 3 is 2.61 bits per heavy atom. The summed E-state index contributed by atoms with van der Waals surface area (Å²) in [5.74, 6) is -4.22. The van der Waals surface area contributed by atoms with Crippen molar-refractivity contribution in [3.05, 3.63) is 99.6 Å². The summed E-state index contributed by atoms with van der Waals surface area (Å²) in [6, 6.07) is 13.4. The monoisotopic (exact) mass is 437 g/mol. The van der Waals surface area contributed by atoms with Crippen LogP contribution in [-0.2, 0) is 4.79 Å². The van der Waals surface area contributed by atoms with Crippen LogP contribution >= 0.6 is 11.3 Å². The minimum Gasteiger partial charge on any atom is -0.503 e. The van der Waals surface area contributed by atoms with Gasteiger partial charge >= 0.3 is 0 Å². The molecule has 8 heteroatoms. The molecule has 1 N–H and O–H groups in total. The second kappa shape index (κ2) is 7.17. The molecule has 31 heavy (non-hydrogen) atoms. The summed E-state index contributed by atoms with van der Waals surface area (Å²) in [5.41, 5.74) is -0.159. The Morgan fingerprint density at radius 1 is 1.06 bits per heavy atom. The number of para-hydroxylation sites is 1. The molecule has 3 heterocycles. The third-order valence-electron chi connectivity index (χ3n) is 5.08. The van der Waals surface area contributed by atoms with Gasteiger partial charge < -0.3 is 9.52 Å². The molecule has 1 amide bonds. The summed E-state index contributed by atoms with van der Waals surface area (Å²) in [4.78, 5) is 27.7. The number of aliphatic hydroxyl groups is 1. The quantitative estimate of drug-likeness (QED) is 0.425. The van der Waals surface area contributed by atoms with Gasteiger partial charge in [-0.25, -0.2) is 8.78 Å². The molecule has 1 unspecified atom stereocenters. The molecule has 1 aliphatic heterocycles. The highest BCUT2D eigenvalue weighted by atomic mass is 32.1. The number of ketones is 1. The zero-order valence-corrected chi connectivity index (χ0v) is 16.5. The number of fused-ring (bicyclic) bond motifs is 1. The molecule has 5 nitrogen and oxygen atoms in total. The maximum Gasteiger partial charge on any atom is 0.294 e. The van der Waals surface area contributed by atoms with Gasteiger partial charge in [0.1, 0.15) is 23.3 Å². The van der Waals surface area contributed by atoms with E-state index >= 15 is 0 Å². The Morgan fingerprint density at radius 2 is 1.87 bits per heavy atom. The zero-order valence-electron chi connectivity index (χ0n) is 15.7. The van der Waals surface area contributed by atoms with E-state index in [-0.39, 0.29) is 17.0 Å². The van der Waals surface area contributed by atoms with Crippen molar-refractivity contribution < 1.29 is 27.9 Å². The van der Waals surface area contributed by atoms with Crippen molar-refractivity contribution in [3.8, 4) is 0 Å². The van der Waals surface area contributed by atoms with Gasteiger partial charge in [0.15, 0.2) is 11.5 Å². The number of benzene rings is 2. The lowest BCUT2D eigenvalue weighted by Gasteiger charge is -2.25. The summed E-state index contributed by atoms with van der Waals surface area (Å²) in [6.45, 7) is 0. The van der Waals surface area contributed by atoms with Crippen LogP contribution in [0.4, 0.5) is 14.5 Å². The molecule has 1 atom stereocenters. The van der Waals surface area contributed by atoms with Crippen molar-refractivity contribution in [3.63, 3.8) is 0 Å². The van der Waals surface area contributed by atoms with Crippen molar-refractivity contribution in [2.75, 3.05) is 4.90 Å². The summed E-state index contributed by atoms with van der Waals surface area (Å²) >= 11 is 1.22. The number of Topliss-reactive ketones (excluding diaryl/α,β-unsaturated/α-hetero) is 1. The number of hydrogen-bond donors (Lipinski definition) is 1. The van der Waals surface area contributed by atoms with Crippen molar-refractivity contribution >= 4 is 39.7 Å². The van der Waals surface area contributed by atoms with E-state index < -0.39 is 35.1 Å². The van der Waals surface area contributed by atoms with E-state index in [1.54, 1.807) is 41.8 Å². The van der Waals surface area contributed by atoms with Crippen molar-refractivity contribution in [1.82, 2.24) is 0 Å². The van der Waals surface area contributed by atoms with E-state index in [1.165, 1.54) is 17.4 Å². The van der Waals surface area contributed by atoms with Gasteiger partial charge in [0, 0.05) is 16.3 Å². The van der Waals surface area contributed by atoms with Gasteiger partial charge in [-0.3, -0.25) is 14.5 Å². The molecule has 0 aliphatic carbocycles. The lowest BCUT2D eigenvalue weighted by Crippen LogP contribution is -2.31. The van der Waals surface area contributed by atoms with Crippen molar-refractivity contribution in [1.29, 1.82) is 0 Å². The second-order valence-corrected chi connectivity index (χ2v) is 7.91. The van der Waals surface area contributed by atoms with Gasteiger partial charge in [0.05, 0.1) is 11.3 Å². The number of halogens is 2. The summed E-state index contributed by atoms with van der Waals surface area (Å²) < 4.78 is 34.1. The van der Waals surface area contributed by atoms with Crippen LogP contribution in [0, 0.1) is 11.6 Å². The molecular formula is C23H13F2NO4S. The SMILES string of the molecule is O=C(C1=C(O)C(=O)N(c2cc(F)ccc2F)C1c1cccs1)c1cc2ccccc2o1. The molecular weight excluding hydrogens is 424 g/mol. The molecule has 0 radical (unpaired) electrons. The summed E-state index contributed by atoms with van der Waals surface area (Å²) in [6.07, 6.45) is 0. The molecule has 0 fully saturated rings. The van der Waals surface area contributed by atoms with Gasteiger partial charge in [-0.05, 0) is 35.7 Å². The van der Waals surface area contributed by atoms with Crippen LogP contribution in [0.1, 0.15) is 21.5 Å². The fraction of sp³-hybridized carbons (Fsp3) is 0.0435. The normalized spacial score (nSPS) is 16.5. The lowest BCUT2D eigenvalue weighted by molar-refractivity contribution is -0.117. The number of aliphatic hydroxyl groups excluding tert-OH is 1. The number of nitrogens with zero attached hydrogens (tertiary/aromatic N) is 1. The first kappa shape index (κ1) is 19.2. The fourth-order valence-electron chi connectivity index (χ4n) is 3.70. The first-order valence-electron chi connectivity index (χ1n) is 9.24. The predicted octanol–water partition coefficient (Wildman–Crippen LogP) is 5.56. The minimum absolute atomic E-state index is 0.0707. The topological polar surface area (TPSA) is 70.8 Å². The molecule has 154 valence electrons. The van der Waals surface area contributed by atoms with Crippen LogP contribution in [0.25, 0.3) is 11.0 Å². The molecule has 2 aromatic heterocycles. The van der Waals surface area contributed by atoms with E-state index in [9.17, 15) is 23.5 Å². The standard InChI is InChI=1S/C23H13F2NO4S/c24-13-7-8-14(25)15(11-13)26-20(18-6-3-9-31-18)19(22(28)23(26)29)21(27)17-10-12-4-1-2-5-16(12)30-17/h1-11,20,28H. The number of carbonyl (C=O) groups is 2. The van der Waals surface area contributed by atoms with Crippen LogP contribution < -0.4 is 4.90 Å². The number of hydrogen-bond acceptors (Lipinski definition) is 5. The van der Waals surface area contributed by atoms with Crippen LogP contribution in [0.3, 0.4) is 0 Å². The molecule has 1 aliphatic rings. The highest BCUT2D eigenvalue weighted by Gasteiger charge is 2.46. The van der Waals surface area contributed by atoms with Gasteiger partial charge in [-0.2, -0.15) is 0 Å². The first-order chi connectivity index (χ1) is 15.0. The Balaban J connectivity index is 1.67. The van der Waals surface area contributed by atoms with Crippen molar-refractivity contribution in [2.24, 2.45) is 0 Å². The van der Waals surface area contributed by atoms with Gasteiger partial charge in [0.2, 0.25) is 5.78 Å². The number of amides is 1. The molecule has 5 rings (SSSR count). The van der Waals surface area contributed by atoms with E-state index in [1.807, 2.05) is 0 Å². The van der Waals surface area contributed by atoms with E-state index in [2.05, 4.69) is 0 Å². The summed E-state index contributed by atoms with van der Waals surface area (Å²) in [5, 5.41) is 13.0. The molecule has 0 bridgehead atoms. The Hall–Kier alpha value is -3.78. The lowest BCUT2D eigenvalue weighted by atomic mass is 10.00. The maximum atomic E-state index is 14.6. The molecule has 4 aromatic rings. The third-order valence-corrected chi connectivity index (χ3v) is 6.01. The van der Waals surface area contributed by atoms with Crippen LogP contribution in [0.2, 0.25) is 0 Å². The Kier molecular flexibility index (Phi) is 4.44. The molecule has 0 saturated carbocycles. The Bertz CT molecular complexity index is 1340. The Labute approximate surface area is 178 Å². The highest BCUT2D eigenvalue weighted by Crippen LogP contribution is 2.44. The number of thiophene rings is 1. The number of carbonyl (C=O) groups excluding carboxylic acids is 2. The predicted molar refractivity (Wildman–Crippen MR) is 111 cm³/mol. The minimum atomic E-state index is -1.13. The molecule has 0 saturated heterocycles. The van der Waals surface area contributed by atoms with Gasteiger partial charge in [0.25, 0.3) is 5.91 Å². The van der Waals surface area contributed by atoms with Crippen molar-refractivity contribution in [2.45, 2.75) is 6.04 Å². The van der Waals surface area contributed by atoms with E-state index in [0.717, 1.165) is 23.1 Å².